The molecule has 0 aromatic heterocycles. The van der Waals surface area contributed by atoms with Crippen molar-refractivity contribution in [1.82, 2.24) is 0 Å². The van der Waals surface area contributed by atoms with Gasteiger partial charge in [-0.2, -0.15) is 4.99 Å². The monoisotopic (exact) mass is 445 g/mol. The number of carbonyl (C=O) groups is 1. The summed E-state index contributed by atoms with van der Waals surface area (Å²) in [6.45, 7) is 0. The molecule has 1 aliphatic rings. The smallest absolute Gasteiger partial charge is 0.218 e. The van der Waals surface area contributed by atoms with Crippen LogP contribution in [0.25, 0.3) is 0 Å². The Labute approximate surface area is 187 Å². The van der Waals surface area contributed by atoms with E-state index >= 15 is 0 Å². The molecule has 2 N–H and O–H groups in total. The fourth-order valence-electron chi connectivity index (χ4n) is 3.75. The van der Waals surface area contributed by atoms with E-state index in [-0.39, 0.29) is 18.4 Å². The van der Waals surface area contributed by atoms with Crippen LogP contribution in [0.15, 0.2) is 52.4 Å². The lowest BCUT2D eigenvalue weighted by atomic mass is 9.88. The molecule has 7 heteroatoms. The van der Waals surface area contributed by atoms with Gasteiger partial charge in [0.2, 0.25) is 5.91 Å². The van der Waals surface area contributed by atoms with Gasteiger partial charge in [-0.15, -0.1) is 0 Å². The largest absolute Gasteiger partial charge is 0.381 e. The van der Waals surface area contributed by atoms with Gasteiger partial charge in [0.1, 0.15) is 0 Å². The molecule has 1 atom stereocenters. The number of halogens is 2. The van der Waals surface area contributed by atoms with Gasteiger partial charge in [-0.1, -0.05) is 41.4 Å². The number of aliphatic imine (C=N–C) groups is 2. The molecule has 1 unspecified atom stereocenters. The summed E-state index contributed by atoms with van der Waals surface area (Å²) < 4.78 is 5.38. The summed E-state index contributed by atoms with van der Waals surface area (Å²) in [6, 6.07) is 15.9. The summed E-state index contributed by atoms with van der Waals surface area (Å²) in [5.74, 6) is -0.654. The Hall–Kier alpha value is -2.17. The highest BCUT2D eigenvalue weighted by Crippen LogP contribution is 2.35. The summed E-state index contributed by atoms with van der Waals surface area (Å²) in [6.07, 6.45) is 4.54. The average molecular weight is 446 g/mol. The minimum absolute atomic E-state index is 0.148. The van der Waals surface area contributed by atoms with Crippen molar-refractivity contribution in [3.63, 3.8) is 0 Å². The molecule has 0 spiro atoms. The highest BCUT2D eigenvalue weighted by molar-refractivity contribution is 6.35. The molecule has 1 amide bonds. The first-order chi connectivity index (χ1) is 14.5. The predicted molar refractivity (Wildman–Crippen MR) is 121 cm³/mol. The van der Waals surface area contributed by atoms with Crippen molar-refractivity contribution in [1.29, 1.82) is 0 Å². The van der Waals surface area contributed by atoms with Crippen molar-refractivity contribution < 1.29 is 9.53 Å². The Balaban J connectivity index is 1.73. The molecule has 0 bridgehead atoms. The van der Waals surface area contributed by atoms with Gasteiger partial charge in [-0.05, 0) is 61.1 Å². The third kappa shape index (κ3) is 6.16. The van der Waals surface area contributed by atoms with E-state index < -0.39 is 5.91 Å². The number of hydrogen-bond acceptors (Lipinski definition) is 4. The van der Waals surface area contributed by atoms with Gasteiger partial charge in [-0.3, -0.25) is 4.79 Å². The molecule has 1 fully saturated rings. The molecular formula is C23H25Cl2N3O2. The molecular weight excluding hydrogens is 421 g/mol. The van der Waals surface area contributed by atoms with Crippen LogP contribution in [-0.4, -0.2) is 31.2 Å². The number of primary amides is 1. The first-order valence-electron chi connectivity index (χ1n) is 9.98. The normalized spacial score (nSPS) is 19.6. The van der Waals surface area contributed by atoms with Gasteiger partial charge in [0.15, 0.2) is 0 Å². The van der Waals surface area contributed by atoms with Crippen LogP contribution in [0.2, 0.25) is 10.0 Å². The molecule has 0 saturated heterocycles. The zero-order valence-electron chi connectivity index (χ0n) is 16.9. The molecule has 158 valence electrons. The van der Waals surface area contributed by atoms with Crippen LogP contribution in [-0.2, 0) is 9.53 Å². The molecule has 2 aromatic carbocycles. The van der Waals surface area contributed by atoms with Crippen LogP contribution in [0, 0.1) is 0 Å². The predicted octanol–water partition coefficient (Wildman–Crippen LogP) is 5.76. The van der Waals surface area contributed by atoms with Crippen LogP contribution < -0.4 is 5.73 Å². The standard InChI is InChI=1S/C23H25Cl2N3O2/c1-30-19-9-7-18(8-10-19)28-14-27-17-5-2-15(3-6-17)21(13-23(26)29)20-11-4-16(24)12-22(20)25/h2-6,11-12,18-19,21H,7-10,13H2,1H3,(H2,26,29). The van der Waals surface area contributed by atoms with Gasteiger partial charge in [0.25, 0.3) is 0 Å². The maximum absolute atomic E-state index is 11.6. The Bertz CT molecular complexity index is 932. The van der Waals surface area contributed by atoms with Gasteiger partial charge >= 0.3 is 0 Å². The van der Waals surface area contributed by atoms with Crippen molar-refractivity contribution in [2.75, 3.05) is 7.11 Å². The minimum atomic E-state index is -0.400. The Morgan fingerprint density at radius 1 is 1.17 bits per heavy atom. The summed E-state index contributed by atoms with van der Waals surface area (Å²) >= 11 is 12.4. The molecule has 0 heterocycles. The van der Waals surface area contributed by atoms with Crippen molar-refractivity contribution in [3.05, 3.63) is 63.6 Å². The van der Waals surface area contributed by atoms with Crippen molar-refractivity contribution in [2.45, 2.75) is 50.2 Å². The quantitative estimate of drug-likeness (QED) is 0.549. The van der Waals surface area contributed by atoms with E-state index in [1.807, 2.05) is 30.3 Å². The molecule has 0 radical (unpaired) electrons. The third-order valence-electron chi connectivity index (χ3n) is 5.44. The van der Waals surface area contributed by atoms with Crippen LogP contribution in [0.4, 0.5) is 5.69 Å². The van der Waals surface area contributed by atoms with Crippen molar-refractivity contribution in [3.8, 4) is 0 Å². The minimum Gasteiger partial charge on any atom is -0.381 e. The summed E-state index contributed by atoms with van der Waals surface area (Å²) in [7, 11) is 1.76. The number of nitrogens with two attached hydrogens (primary N) is 1. The molecule has 0 aliphatic heterocycles. The summed E-state index contributed by atoms with van der Waals surface area (Å²) in [4.78, 5) is 20.4. The second-order valence-corrected chi connectivity index (χ2v) is 8.33. The number of hydrogen-bond donors (Lipinski definition) is 1. The van der Waals surface area contributed by atoms with E-state index in [4.69, 9.17) is 33.7 Å². The number of rotatable bonds is 7. The van der Waals surface area contributed by atoms with E-state index in [0.717, 1.165) is 42.5 Å². The second-order valence-electron chi connectivity index (χ2n) is 7.49. The zero-order chi connectivity index (χ0) is 21.5. The summed E-state index contributed by atoms with van der Waals surface area (Å²) in [5.41, 5.74) is 7.95. The first kappa shape index (κ1) is 22.5. The lowest BCUT2D eigenvalue weighted by Crippen LogP contribution is -2.22. The van der Waals surface area contributed by atoms with Crippen LogP contribution in [0.5, 0.6) is 0 Å². The topological polar surface area (TPSA) is 77.0 Å². The maximum Gasteiger partial charge on any atom is 0.218 e. The Morgan fingerprint density at radius 3 is 2.47 bits per heavy atom. The fourth-order valence-corrected chi connectivity index (χ4v) is 4.29. The number of amides is 1. The van der Waals surface area contributed by atoms with Gasteiger partial charge in [0, 0.05) is 29.5 Å². The van der Waals surface area contributed by atoms with E-state index in [1.54, 1.807) is 19.2 Å². The van der Waals surface area contributed by atoms with Gasteiger partial charge in [0.05, 0.1) is 23.8 Å². The van der Waals surface area contributed by atoms with Crippen molar-refractivity contribution in [2.24, 2.45) is 15.7 Å². The van der Waals surface area contributed by atoms with Crippen molar-refractivity contribution >= 4 is 40.8 Å². The average Bonchev–Trinajstić information content (AvgIpc) is 2.73. The molecule has 3 rings (SSSR count). The maximum atomic E-state index is 11.6. The number of carbonyl (C=O) groups excluding carboxylic acids is 1. The Morgan fingerprint density at radius 2 is 1.87 bits per heavy atom. The van der Waals surface area contributed by atoms with E-state index in [9.17, 15) is 4.79 Å². The number of methoxy groups -OCH3 is 1. The number of benzene rings is 2. The molecule has 5 nitrogen and oxygen atoms in total. The van der Waals surface area contributed by atoms with Crippen LogP contribution >= 0.6 is 23.2 Å². The lowest BCUT2D eigenvalue weighted by Gasteiger charge is -2.23. The number of nitrogens with zero attached hydrogens (tertiary/aromatic N) is 2. The van der Waals surface area contributed by atoms with Crippen LogP contribution in [0.1, 0.15) is 49.1 Å². The molecule has 1 saturated carbocycles. The summed E-state index contributed by atoms with van der Waals surface area (Å²) in [5, 5.41) is 1.05. The first-order valence-corrected chi connectivity index (χ1v) is 10.7. The van der Waals surface area contributed by atoms with E-state index in [2.05, 4.69) is 16.0 Å². The van der Waals surface area contributed by atoms with Crippen LogP contribution in [0.3, 0.4) is 0 Å². The molecule has 1 aliphatic carbocycles. The van der Waals surface area contributed by atoms with E-state index in [1.165, 1.54) is 0 Å². The highest BCUT2D eigenvalue weighted by Gasteiger charge is 2.21. The number of ether oxygens (including phenoxy) is 1. The SMILES string of the molecule is COC1CCC(N=C=Nc2ccc(C(CC(N)=O)c3ccc(Cl)cc3Cl)cc2)CC1. The Kier molecular flexibility index (Phi) is 8.06. The third-order valence-corrected chi connectivity index (χ3v) is 6.00. The molecule has 2 aromatic rings. The zero-order valence-corrected chi connectivity index (χ0v) is 18.4. The highest BCUT2D eigenvalue weighted by atomic mass is 35.5. The van der Waals surface area contributed by atoms with Gasteiger partial charge in [-0.25, -0.2) is 4.99 Å². The van der Waals surface area contributed by atoms with Gasteiger partial charge < -0.3 is 10.5 Å². The molecule has 30 heavy (non-hydrogen) atoms. The lowest BCUT2D eigenvalue weighted by molar-refractivity contribution is -0.118. The fraction of sp³-hybridized carbons (Fsp3) is 0.391. The second kappa shape index (κ2) is 10.7. The van der Waals surface area contributed by atoms with E-state index in [0.29, 0.717) is 16.1 Å².